The second-order valence-corrected chi connectivity index (χ2v) is 2.70. The fourth-order valence-corrected chi connectivity index (χ4v) is 1.21. The molecule has 1 atom stereocenters. The van der Waals surface area contributed by atoms with Crippen LogP contribution in [0.5, 0.6) is 0 Å². The first-order chi connectivity index (χ1) is 6.31. The largest absolute Gasteiger partial charge is 0.464 e. The van der Waals surface area contributed by atoms with E-state index in [1.165, 1.54) is 7.11 Å². The molecule has 0 saturated carbocycles. The number of ether oxygens (including phenoxy) is 1. The van der Waals surface area contributed by atoms with Gasteiger partial charge < -0.3 is 4.74 Å². The molecule has 2 aliphatic heterocycles. The fourth-order valence-electron chi connectivity index (χ4n) is 1.21. The Kier molecular flexibility index (Phi) is 1.81. The smallest absolute Gasteiger partial charge is 0.356 e. The van der Waals surface area contributed by atoms with Gasteiger partial charge >= 0.3 is 5.97 Å². The third-order valence-corrected chi connectivity index (χ3v) is 1.89. The van der Waals surface area contributed by atoms with Gasteiger partial charge in [-0.2, -0.15) is 0 Å². The van der Waals surface area contributed by atoms with Crippen molar-refractivity contribution in [3.63, 3.8) is 0 Å². The summed E-state index contributed by atoms with van der Waals surface area (Å²) in [6.07, 6.45) is 7.14. The second kappa shape index (κ2) is 2.97. The van der Waals surface area contributed by atoms with Crippen LogP contribution < -0.4 is 0 Å². The van der Waals surface area contributed by atoms with Crippen molar-refractivity contribution in [3.8, 4) is 0 Å². The number of hydrogen-bond donors (Lipinski definition) is 0. The molecule has 4 nitrogen and oxygen atoms in total. The van der Waals surface area contributed by atoms with Crippen LogP contribution in [0.1, 0.15) is 0 Å². The molecule has 4 heteroatoms. The van der Waals surface area contributed by atoms with Crippen molar-refractivity contribution in [2.24, 2.45) is 15.9 Å². The lowest BCUT2D eigenvalue weighted by atomic mass is 10.1. The molecule has 2 rings (SSSR count). The lowest BCUT2D eigenvalue weighted by Gasteiger charge is -2.09. The highest BCUT2D eigenvalue weighted by Gasteiger charge is 2.20. The predicted octanol–water partition coefficient (Wildman–Crippen LogP) is 0.712. The zero-order valence-electron chi connectivity index (χ0n) is 7.10. The van der Waals surface area contributed by atoms with Gasteiger partial charge in [0.15, 0.2) is 0 Å². The molecule has 0 radical (unpaired) electrons. The van der Waals surface area contributed by atoms with Crippen molar-refractivity contribution in [3.05, 3.63) is 24.4 Å². The zero-order chi connectivity index (χ0) is 9.26. The van der Waals surface area contributed by atoms with E-state index in [9.17, 15) is 4.79 Å². The first-order valence-electron chi connectivity index (χ1n) is 3.91. The molecule has 0 fully saturated rings. The fraction of sp³-hybridized carbons (Fsp3) is 0.222. The van der Waals surface area contributed by atoms with Crippen molar-refractivity contribution in [1.29, 1.82) is 0 Å². The standard InChI is InChI=1S/C9H8N2O2/c1-13-9(12)7-3-2-6-4-5-10-8(6)11-7/h2-6H,1H3/t6-/m1/s1. The Balaban J connectivity index is 2.26. The summed E-state index contributed by atoms with van der Waals surface area (Å²) in [4.78, 5) is 19.1. The van der Waals surface area contributed by atoms with Crippen molar-refractivity contribution < 1.29 is 9.53 Å². The molecule has 13 heavy (non-hydrogen) atoms. The number of fused-ring (bicyclic) bond motifs is 1. The number of methoxy groups -OCH3 is 1. The summed E-state index contributed by atoms with van der Waals surface area (Å²) in [5, 5.41) is 0. The molecular weight excluding hydrogens is 168 g/mol. The predicted molar refractivity (Wildman–Crippen MR) is 48.7 cm³/mol. The molecule has 0 aliphatic carbocycles. The number of hydrogen-bond acceptors (Lipinski definition) is 4. The number of carbonyl (C=O) groups excluding carboxylic acids is 1. The minimum Gasteiger partial charge on any atom is -0.464 e. The van der Waals surface area contributed by atoms with Crippen LogP contribution in [-0.2, 0) is 9.53 Å². The highest BCUT2D eigenvalue weighted by atomic mass is 16.5. The minimum absolute atomic E-state index is 0.133. The second-order valence-electron chi connectivity index (χ2n) is 2.70. The van der Waals surface area contributed by atoms with E-state index in [1.807, 2.05) is 12.2 Å². The van der Waals surface area contributed by atoms with Gasteiger partial charge in [-0.25, -0.2) is 14.8 Å². The topological polar surface area (TPSA) is 51.0 Å². The summed E-state index contributed by atoms with van der Waals surface area (Å²) in [5.74, 6) is 0.362. The maximum absolute atomic E-state index is 11.1. The Morgan fingerprint density at radius 2 is 2.38 bits per heavy atom. The van der Waals surface area contributed by atoms with Crippen molar-refractivity contribution in [1.82, 2.24) is 0 Å². The number of rotatable bonds is 1. The van der Waals surface area contributed by atoms with Gasteiger partial charge in [-0.3, -0.25) is 0 Å². The Morgan fingerprint density at radius 3 is 3.15 bits per heavy atom. The number of carbonyl (C=O) groups is 1. The Labute approximate surface area is 75.3 Å². The molecule has 0 bridgehead atoms. The molecule has 0 aromatic heterocycles. The van der Waals surface area contributed by atoms with E-state index in [0.29, 0.717) is 11.5 Å². The van der Waals surface area contributed by atoms with Crippen molar-refractivity contribution in [2.45, 2.75) is 0 Å². The SMILES string of the molecule is COC(=O)C1=NC2=NC=C[C@H]2C=C1. The normalized spacial score (nSPS) is 23.6. The van der Waals surface area contributed by atoms with Crippen LogP contribution in [0.2, 0.25) is 0 Å². The van der Waals surface area contributed by atoms with Gasteiger partial charge in [0.2, 0.25) is 0 Å². The van der Waals surface area contributed by atoms with Crippen molar-refractivity contribution in [2.75, 3.05) is 7.11 Å². The average molecular weight is 176 g/mol. The molecule has 0 unspecified atom stereocenters. The van der Waals surface area contributed by atoms with Gasteiger partial charge in [0.05, 0.1) is 13.0 Å². The van der Waals surface area contributed by atoms with Crippen LogP contribution in [0.15, 0.2) is 34.4 Å². The monoisotopic (exact) mass is 176 g/mol. The number of esters is 1. The molecule has 0 aromatic carbocycles. The quantitative estimate of drug-likeness (QED) is 0.552. The average Bonchev–Trinajstić information content (AvgIpc) is 2.63. The van der Waals surface area contributed by atoms with Gasteiger partial charge in [-0.15, -0.1) is 0 Å². The first-order valence-corrected chi connectivity index (χ1v) is 3.91. The van der Waals surface area contributed by atoms with E-state index in [4.69, 9.17) is 0 Å². The minimum atomic E-state index is -0.427. The van der Waals surface area contributed by atoms with E-state index < -0.39 is 5.97 Å². The van der Waals surface area contributed by atoms with Gasteiger partial charge in [0.1, 0.15) is 11.5 Å². The van der Waals surface area contributed by atoms with E-state index in [-0.39, 0.29) is 5.92 Å². The van der Waals surface area contributed by atoms with E-state index in [1.54, 1.807) is 12.3 Å². The summed E-state index contributed by atoms with van der Waals surface area (Å²) < 4.78 is 4.54. The summed E-state index contributed by atoms with van der Waals surface area (Å²) >= 11 is 0. The van der Waals surface area contributed by atoms with Crippen molar-refractivity contribution >= 4 is 17.5 Å². The van der Waals surface area contributed by atoms with Gasteiger partial charge in [-0.05, 0) is 6.08 Å². The van der Waals surface area contributed by atoms with E-state index >= 15 is 0 Å². The highest BCUT2D eigenvalue weighted by molar-refractivity contribution is 6.43. The lowest BCUT2D eigenvalue weighted by Crippen LogP contribution is -2.20. The summed E-state index contributed by atoms with van der Waals surface area (Å²) in [5.41, 5.74) is 0.307. The highest BCUT2D eigenvalue weighted by Crippen LogP contribution is 2.17. The summed E-state index contributed by atoms with van der Waals surface area (Å²) in [6, 6.07) is 0. The Hall–Kier alpha value is -1.71. The van der Waals surface area contributed by atoms with Gasteiger partial charge in [0.25, 0.3) is 0 Å². The number of dihydropyridines is 1. The van der Waals surface area contributed by atoms with E-state index in [0.717, 1.165) is 0 Å². The Bertz CT molecular complexity index is 364. The molecule has 2 heterocycles. The molecule has 0 aromatic rings. The number of nitrogens with zero attached hydrogens (tertiary/aromatic N) is 2. The van der Waals surface area contributed by atoms with Crippen LogP contribution in [0.3, 0.4) is 0 Å². The third-order valence-electron chi connectivity index (χ3n) is 1.89. The third kappa shape index (κ3) is 1.30. The summed E-state index contributed by atoms with van der Waals surface area (Å²) in [7, 11) is 1.33. The van der Waals surface area contributed by atoms with Crippen LogP contribution in [-0.4, -0.2) is 24.6 Å². The molecule has 66 valence electrons. The Morgan fingerprint density at radius 1 is 1.54 bits per heavy atom. The summed E-state index contributed by atoms with van der Waals surface area (Å²) in [6.45, 7) is 0. The van der Waals surface area contributed by atoms with Crippen LogP contribution in [0.25, 0.3) is 0 Å². The molecule has 0 spiro atoms. The van der Waals surface area contributed by atoms with Gasteiger partial charge in [0, 0.05) is 6.20 Å². The van der Waals surface area contributed by atoms with E-state index in [2.05, 4.69) is 14.7 Å². The van der Waals surface area contributed by atoms with Crippen LogP contribution >= 0.6 is 0 Å². The maximum Gasteiger partial charge on any atom is 0.356 e. The molecule has 0 N–H and O–H groups in total. The first kappa shape index (κ1) is 7.91. The zero-order valence-corrected chi connectivity index (χ0v) is 7.10. The molecule has 0 saturated heterocycles. The maximum atomic E-state index is 11.1. The lowest BCUT2D eigenvalue weighted by molar-refractivity contribution is -0.132. The van der Waals surface area contributed by atoms with Gasteiger partial charge in [-0.1, -0.05) is 12.2 Å². The number of amidine groups is 1. The molecular formula is C9H8N2O2. The molecule has 2 aliphatic rings. The molecule has 0 amide bonds. The van der Waals surface area contributed by atoms with Crippen LogP contribution in [0, 0.1) is 5.92 Å². The number of aliphatic imine (C=N–C) groups is 2. The van der Waals surface area contributed by atoms with Crippen LogP contribution in [0.4, 0.5) is 0 Å².